The van der Waals surface area contributed by atoms with Gasteiger partial charge in [0.1, 0.15) is 5.75 Å². The zero-order chi connectivity index (χ0) is 13.8. The molecule has 1 heterocycles. The summed E-state index contributed by atoms with van der Waals surface area (Å²) in [6.07, 6.45) is 0. The third-order valence-corrected chi connectivity index (χ3v) is 5.96. The van der Waals surface area contributed by atoms with Gasteiger partial charge in [-0.1, -0.05) is 12.1 Å². The predicted molar refractivity (Wildman–Crippen MR) is 86.5 cm³/mol. The molecule has 0 bridgehead atoms. The average Bonchev–Trinajstić information content (AvgIpc) is 2.73. The van der Waals surface area contributed by atoms with Crippen LogP contribution < -0.4 is 16.0 Å². The Morgan fingerprint density at radius 3 is 2.47 bits per heavy atom. The molecular formula is C13H14Br2N2OS. The Morgan fingerprint density at radius 1 is 1.32 bits per heavy atom. The Morgan fingerprint density at radius 2 is 2.00 bits per heavy atom. The Kier molecular flexibility index (Phi) is 5.41. The Bertz CT molecular complexity index is 523. The second kappa shape index (κ2) is 6.85. The maximum Gasteiger partial charge on any atom is 0.119 e. The number of benzene rings is 1. The molecule has 0 aliphatic rings. The fourth-order valence-corrected chi connectivity index (χ4v) is 3.95. The standard InChI is InChI=1S/C13H14Br2N2OS/c1-2-18-9-5-3-8(4-6-9)12(17-16)11-7-10(14)13(15)19-11/h3-7,12,17H,2,16H2,1H3. The van der Waals surface area contributed by atoms with Crippen LogP contribution in [-0.4, -0.2) is 6.61 Å². The SMILES string of the molecule is CCOc1ccc(C(NN)c2cc(Br)c(Br)s2)cc1. The molecule has 3 nitrogen and oxygen atoms in total. The van der Waals surface area contributed by atoms with E-state index in [9.17, 15) is 0 Å². The maximum atomic E-state index is 5.69. The van der Waals surface area contributed by atoms with Gasteiger partial charge in [-0.2, -0.15) is 0 Å². The van der Waals surface area contributed by atoms with E-state index in [1.807, 2.05) is 31.2 Å². The lowest BCUT2D eigenvalue weighted by atomic mass is 10.1. The number of hydrogen-bond acceptors (Lipinski definition) is 4. The van der Waals surface area contributed by atoms with Crippen LogP contribution in [0.1, 0.15) is 23.4 Å². The number of hydrogen-bond donors (Lipinski definition) is 2. The van der Waals surface area contributed by atoms with Gasteiger partial charge in [0, 0.05) is 9.35 Å². The van der Waals surface area contributed by atoms with Crippen molar-refractivity contribution >= 4 is 43.2 Å². The van der Waals surface area contributed by atoms with E-state index in [0.29, 0.717) is 6.61 Å². The largest absolute Gasteiger partial charge is 0.494 e. The molecule has 0 fully saturated rings. The van der Waals surface area contributed by atoms with Crippen molar-refractivity contribution in [1.82, 2.24) is 5.43 Å². The molecule has 0 amide bonds. The summed E-state index contributed by atoms with van der Waals surface area (Å²) in [4.78, 5) is 1.14. The predicted octanol–water partition coefficient (Wildman–Crippen LogP) is 4.22. The molecule has 2 aromatic rings. The van der Waals surface area contributed by atoms with Crippen molar-refractivity contribution < 1.29 is 4.74 Å². The van der Waals surface area contributed by atoms with Gasteiger partial charge in [0.15, 0.2) is 0 Å². The van der Waals surface area contributed by atoms with Gasteiger partial charge in [-0.3, -0.25) is 5.84 Å². The first-order chi connectivity index (χ1) is 9.15. The van der Waals surface area contributed by atoms with Crippen LogP contribution in [0.4, 0.5) is 0 Å². The summed E-state index contributed by atoms with van der Waals surface area (Å²) in [5, 5.41) is 0. The minimum atomic E-state index is -0.0247. The molecule has 1 aromatic heterocycles. The van der Waals surface area contributed by atoms with Crippen molar-refractivity contribution in [3.05, 3.63) is 49.0 Å². The number of nitrogens with one attached hydrogen (secondary N) is 1. The molecule has 1 atom stereocenters. The zero-order valence-electron chi connectivity index (χ0n) is 10.3. The highest BCUT2D eigenvalue weighted by molar-refractivity contribution is 9.13. The molecule has 0 saturated heterocycles. The zero-order valence-corrected chi connectivity index (χ0v) is 14.3. The highest BCUT2D eigenvalue weighted by Crippen LogP contribution is 2.37. The molecule has 6 heteroatoms. The minimum absolute atomic E-state index is 0.0247. The van der Waals surface area contributed by atoms with E-state index >= 15 is 0 Å². The maximum absolute atomic E-state index is 5.69. The minimum Gasteiger partial charge on any atom is -0.494 e. The van der Waals surface area contributed by atoms with Crippen molar-refractivity contribution in [1.29, 1.82) is 0 Å². The Hall–Kier alpha value is -0.400. The molecule has 102 valence electrons. The number of halogens is 2. The quantitative estimate of drug-likeness (QED) is 0.578. The van der Waals surface area contributed by atoms with Crippen LogP contribution in [0.15, 0.2) is 38.6 Å². The Balaban J connectivity index is 2.26. The highest BCUT2D eigenvalue weighted by Gasteiger charge is 2.16. The average molecular weight is 406 g/mol. The first kappa shape index (κ1) is 15.0. The van der Waals surface area contributed by atoms with Crippen LogP contribution in [0, 0.1) is 0 Å². The lowest BCUT2D eigenvalue weighted by molar-refractivity contribution is 0.340. The molecule has 0 aliphatic carbocycles. The van der Waals surface area contributed by atoms with Crippen molar-refractivity contribution in [2.75, 3.05) is 6.61 Å². The van der Waals surface area contributed by atoms with Crippen molar-refractivity contribution in [2.45, 2.75) is 13.0 Å². The summed E-state index contributed by atoms with van der Waals surface area (Å²) >= 11 is 8.65. The first-order valence-corrected chi connectivity index (χ1v) is 8.19. The number of thiophene rings is 1. The molecule has 1 aromatic carbocycles. The smallest absolute Gasteiger partial charge is 0.119 e. The molecule has 2 rings (SSSR count). The second-order valence-electron chi connectivity index (χ2n) is 3.87. The highest BCUT2D eigenvalue weighted by atomic mass is 79.9. The summed E-state index contributed by atoms with van der Waals surface area (Å²) in [6.45, 7) is 2.64. The molecule has 19 heavy (non-hydrogen) atoms. The Labute approximate surface area is 133 Å². The van der Waals surface area contributed by atoms with Crippen LogP contribution in [-0.2, 0) is 0 Å². The number of hydrazine groups is 1. The van der Waals surface area contributed by atoms with Gasteiger partial charge in [0.05, 0.1) is 16.4 Å². The topological polar surface area (TPSA) is 47.3 Å². The van der Waals surface area contributed by atoms with Crippen LogP contribution in [0.3, 0.4) is 0 Å². The fraction of sp³-hybridized carbons (Fsp3) is 0.231. The van der Waals surface area contributed by atoms with E-state index in [4.69, 9.17) is 10.6 Å². The van der Waals surface area contributed by atoms with Crippen LogP contribution >= 0.6 is 43.2 Å². The molecule has 0 aliphatic heterocycles. The summed E-state index contributed by atoms with van der Waals surface area (Å²) in [6, 6.07) is 10.0. The summed E-state index contributed by atoms with van der Waals surface area (Å²) in [5.41, 5.74) is 3.96. The van der Waals surface area contributed by atoms with Gasteiger partial charge < -0.3 is 4.74 Å². The molecule has 0 radical (unpaired) electrons. The molecule has 1 unspecified atom stereocenters. The van der Waals surface area contributed by atoms with E-state index in [-0.39, 0.29) is 6.04 Å². The van der Waals surface area contributed by atoms with Crippen molar-refractivity contribution in [3.8, 4) is 5.75 Å². The van der Waals surface area contributed by atoms with Gasteiger partial charge >= 0.3 is 0 Å². The third-order valence-electron chi connectivity index (χ3n) is 2.64. The van der Waals surface area contributed by atoms with Gasteiger partial charge in [-0.25, -0.2) is 5.43 Å². The van der Waals surface area contributed by atoms with Crippen molar-refractivity contribution in [3.63, 3.8) is 0 Å². The molecule has 0 spiro atoms. The van der Waals surface area contributed by atoms with E-state index in [2.05, 4.69) is 43.4 Å². The van der Waals surface area contributed by atoms with E-state index in [1.54, 1.807) is 11.3 Å². The normalized spacial score (nSPS) is 12.4. The van der Waals surface area contributed by atoms with Gasteiger partial charge in [0.25, 0.3) is 0 Å². The fourth-order valence-electron chi connectivity index (χ4n) is 1.77. The number of nitrogens with two attached hydrogens (primary N) is 1. The van der Waals surface area contributed by atoms with E-state index in [1.165, 1.54) is 0 Å². The third kappa shape index (κ3) is 3.58. The van der Waals surface area contributed by atoms with Crippen LogP contribution in [0.25, 0.3) is 0 Å². The number of ether oxygens (including phenoxy) is 1. The van der Waals surface area contributed by atoms with Gasteiger partial charge in [-0.15, -0.1) is 11.3 Å². The monoisotopic (exact) mass is 404 g/mol. The lowest BCUT2D eigenvalue weighted by Gasteiger charge is -2.15. The van der Waals surface area contributed by atoms with E-state index in [0.717, 1.165) is 24.4 Å². The van der Waals surface area contributed by atoms with Crippen LogP contribution in [0.5, 0.6) is 5.75 Å². The van der Waals surface area contributed by atoms with Crippen LogP contribution in [0.2, 0.25) is 0 Å². The second-order valence-corrected chi connectivity index (χ2v) is 7.13. The number of rotatable bonds is 5. The summed E-state index contributed by atoms with van der Waals surface area (Å²) < 4.78 is 7.54. The molecule has 3 N–H and O–H groups in total. The van der Waals surface area contributed by atoms with Crippen molar-refractivity contribution in [2.24, 2.45) is 5.84 Å². The first-order valence-electron chi connectivity index (χ1n) is 5.79. The molecular weight excluding hydrogens is 392 g/mol. The lowest BCUT2D eigenvalue weighted by Crippen LogP contribution is -2.28. The molecule has 0 saturated carbocycles. The summed E-state index contributed by atoms with van der Waals surface area (Å²) in [7, 11) is 0. The van der Waals surface area contributed by atoms with Gasteiger partial charge in [-0.05, 0) is 62.5 Å². The summed E-state index contributed by atoms with van der Waals surface area (Å²) in [5.74, 6) is 6.56. The van der Waals surface area contributed by atoms with E-state index < -0.39 is 0 Å². The van der Waals surface area contributed by atoms with Gasteiger partial charge in [0.2, 0.25) is 0 Å².